The minimum Gasteiger partial charge on any atom is -0.493 e. The molecular weight excluding hydrogens is 407 g/mol. The lowest BCUT2D eigenvalue weighted by Crippen LogP contribution is -2.20. The van der Waals surface area contributed by atoms with Gasteiger partial charge in [-0.25, -0.2) is 0 Å². The SMILES string of the molecule is COc1ccc(CN2C[C@@H](c3ccccc3)[C@H](c3cc(C(F)(F)F)n[nH]3)C2)cc1OC. The maximum atomic E-state index is 13.1. The third-order valence-corrected chi connectivity index (χ3v) is 5.76. The Labute approximate surface area is 178 Å². The van der Waals surface area contributed by atoms with E-state index in [0.717, 1.165) is 23.7 Å². The maximum absolute atomic E-state index is 13.1. The van der Waals surface area contributed by atoms with E-state index in [4.69, 9.17) is 9.47 Å². The van der Waals surface area contributed by atoms with E-state index < -0.39 is 11.9 Å². The summed E-state index contributed by atoms with van der Waals surface area (Å²) in [5, 5.41) is 6.15. The Morgan fingerprint density at radius 2 is 1.68 bits per heavy atom. The van der Waals surface area contributed by atoms with Gasteiger partial charge in [-0.1, -0.05) is 36.4 Å². The van der Waals surface area contributed by atoms with E-state index in [-0.39, 0.29) is 11.8 Å². The number of likely N-dealkylation sites (tertiary alicyclic amines) is 1. The lowest BCUT2D eigenvalue weighted by molar-refractivity contribution is -0.141. The van der Waals surface area contributed by atoms with E-state index in [9.17, 15) is 13.2 Å². The Morgan fingerprint density at radius 3 is 2.32 bits per heavy atom. The molecule has 1 aliphatic heterocycles. The zero-order valence-corrected chi connectivity index (χ0v) is 17.3. The number of aromatic nitrogens is 2. The van der Waals surface area contributed by atoms with E-state index in [1.54, 1.807) is 14.2 Å². The molecule has 164 valence electrons. The fourth-order valence-electron chi connectivity index (χ4n) is 4.28. The summed E-state index contributed by atoms with van der Waals surface area (Å²) >= 11 is 0. The predicted octanol–water partition coefficient (Wildman–Crippen LogP) is 4.83. The van der Waals surface area contributed by atoms with Crippen molar-refractivity contribution in [3.63, 3.8) is 0 Å². The van der Waals surface area contributed by atoms with Gasteiger partial charge in [0.15, 0.2) is 17.2 Å². The number of ether oxygens (including phenoxy) is 2. The average molecular weight is 431 g/mol. The molecule has 0 spiro atoms. The molecule has 1 aromatic heterocycles. The van der Waals surface area contributed by atoms with E-state index in [1.807, 2.05) is 48.5 Å². The molecule has 1 N–H and O–H groups in total. The van der Waals surface area contributed by atoms with Crippen molar-refractivity contribution in [2.75, 3.05) is 27.3 Å². The van der Waals surface area contributed by atoms with Gasteiger partial charge in [-0.15, -0.1) is 0 Å². The van der Waals surface area contributed by atoms with Crippen LogP contribution in [0.4, 0.5) is 13.2 Å². The number of hydrogen-bond acceptors (Lipinski definition) is 4. The van der Waals surface area contributed by atoms with Gasteiger partial charge in [0.25, 0.3) is 0 Å². The maximum Gasteiger partial charge on any atom is 0.435 e. The molecule has 2 aromatic carbocycles. The van der Waals surface area contributed by atoms with E-state index in [0.29, 0.717) is 30.3 Å². The summed E-state index contributed by atoms with van der Waals surface area (Å²) in [6.07, 6.45) is -4.46. The summed E-state index contributed by atoms with van der Waals surface area (Å²) in [4.78, 5) is 2.25. The molecule has 1 saturated heterocycles. The van der Waals surface area contributed by atoms with Crippen LogP contribution in [0.3, 0.4) is 0 Å². The lowest BCUT2D eigenvalue weighted by Gasteiger charge is -2.17. The van der Waals surface area contributed by atoms with Crippen molar-refractivity contribution in [2.24, 2.45) is 0 Å². The van der Waals surface area contributed by atoms with Crippen LogP contribution in [0, 0.1) is 0 Å². The fraction of sp³-hybridized carbons (Fsp3) is 0.348. The third kappa shape index (κ3) is 4.54. The number of H-pyrrole nitrogens is 1. The minimum atomic E-state index is -4.46. The van der Waals surface area contributed by atoms with Gasteiger partial charge in [-0.05, 0) is 29.3 Å². The molecule has 5 nitrogen and oxygen atoms in total. The molecule has 31 heavy (non-hydrogen) atoms. The van der Waals surface area contributed by atoms with Crippen LogP contribution in [0.1, 0.15) is 34.4 Å². The van der Waals surface area contributed by atoms with Crippen LogP contribution < -0.4 is 9.47 Å². The summed E-state index contributed by atoms with van der Waals surface area (Å²) in [5.41, 5.74) is 1.78. The second-order valence-corrected chi connectivity index (χ2v) is 7.71. The quantitative estimate of drug-likeness (QED) is 0.608. The van der Waals surface area contributed by atoms with Crippen molar-refractivity contribution in [1.82, 2.24) is 15.1 Å². The number of benzene rings is 2. The van der Waals surface area contributed by atoms with Crippen LogP contribution in [-0.4, -0.2) is 42.4 Å². The minimum absolute atomic E-state index is 0.0582. The lowest BCUT2D eigenvalue weighted by atomic mass is 9.87. The second-order valence-electron chi connectivity index (χ2n) is 7.71. The molecule has 8 heteroatoms. The number of alkyl halides is 3. The van der Waals surface area contributed by atoms with Gasteiger partial charge in [0.05, 0.1) is 14.2 Å². The zero-order chi connectivity index (χ0) is 22.0. The van der Waals surface area contributed by atoms with E-state index in [2.05, 4.69) is 15.1 Å². The molecule has 4 rings (SSSR count). The summed E-state index contributed by atoms with van der Waals surface area (Å²) in [5.74, 6) is 1.25. The Balaban J connectivity index is 1.60. The first-order valence-electron chi connectivity index (χ1n) is 9.99. The number of halogens is 3. The van der Waals surface area contributed by atoms with Crippen LogP contribution in [0.5, 0.6) is 11.5 Å². The highest BCUT2D eigenvalue weighted by Gasteiger charge is 2.39. The van der Waals surface area contributed by atoms with Gasteiger partial charge in [0, 0.05) is 37.2 Å². The molecule has 1 fully saturated rings. The highest BCUT2D eigenvalue weighted by Crippen LogP contribution is 2.41. The van der Waals surface area contributed by atoms with Gasteiger partial charge in [0.1, 0.15) is 0 Å². The van der Waals surface area contributed by atoms with Crippen LogP contribution in [-0.2, 0) is 12.7 Å². The van der Waals surface area contributed by atoms with Crippen molar-refractivity contribution in [1.29, 1.82) is 0 Å². The summed E-state index contributed by atoms with van der Waals surface area (Å²) in [6, 6.07) is 16.8. The number of methoxy groups -OCH3 is 2. The van der Waals surface area contributed by atoms with Gasteiger partial charge in [-0.3, -0.25) is 10.00 Å². The van der Waals surface area contributed by atoms with Crippen LogP contribution in [0.15, 0.2) is 54.6 Å². The Hall–Kier alpha value is -3.00. The summed E-state index contributed by atoms with van der Waals surface area (Å²) in [7, 11) is 3.18. The largest absolute Gasteiger partial charge is 0.493 e. The summed E-state index contributed by atoms with van der Waals surface area (Å²) in [6.45, 7) is 2.00. The smallest absolute Gasteiger partial charge is 0.435 e. The summed E-state index contributed by atoms with van der Waals surface area (Å²) < 4.78 is 50.0. The van der Waals surface area contributed by atoms with Gasteiger partial charge in [-0.2, -0.15) is 18.3 Å². The van der Waals surface area contributed by atoms with E-state index in [1.165, 1.54) is 0 Å². The topological polar surface area (TPSA) is 50.4 Å². The number of hydrogen-bond donors (Lipinski definition) is 1. The molecule has 2 atom stereocenters. The highest BCUT2D eigenvalue weighted by atomic mass is 19.4. The average Bonchev–Trinajstić information content (AvgIpc) is 3.41. The number of nitrogens with zero attached hydrogens (tertiary/aromatic N) is 2. The predicted molar refractivity (Wildman–Crippen MR) is 110 cm³/mol. The molecule has 1 aliphatic rings. The Bertz CT molecular complexity index is 1020. The van der Waals surface area contributed by atoms with Crippen molar-refractivity contribution in [2.45, 2.75) is 24.6 Å². The highest BCUT2D eigenvalue weighted by molar-refractivity contribution is 5.43. The monoisotopic (exact) mass is 431 g/mol. The molecule has 0 radical (unpaired) electrons. The van der Waals surface area contributed by atoms with Crippen LogP contribution in [0.25, 0.3) is 0 Å². The van der Waals surface area contributed by atoms with Gasteiger partial charge in [0.2, 0.25) is 0 Å². The first kappa shape index (κ1) is 21.2. The first-order valence-corrected chi connectivity index (χ1v) is 9.99. The fourth-order valence-corrected chi connectivity index (χ4v) is 4.28. The number of nitrogens with one attached hydrogen (secondary N) is 1. The normalized spacial score (nSPS) is 19.5. The van der Waals surface area contributed by atoms with Gasteiger partial charge < -0.3 is 9.47 Å². The molecule has 0 bridgehead atoms. The standard InChI is InChI=1S/C23H24F3N3O2/c1-30-20-9-8-15(10-21(20)31-2)12-29-13-17(16-6-4-3-5-7-16)18(14-29)19-11-22(28-27-19)23(24,25)26/h3-11,17-18H,12-14H2,1-2H3,(H,27,28)/t17-,18+/m0/s1. The second kappa shape index (κ2) is 8.63. The van der Waals surface area contributed by atoms with Crippen molar-refractivity contribution >= 4 is 0 Å². The Kier molecular flexibility index (Phi) is 5.91. The van der Waals surface area contributed by atoms with E-state index >= 15 is 0 Å². The molecule has 0 amide bonds. The first-order chi connectivity index (χ1) is 14.9. The number of rotatable bonds is 6. The Morgan fingerprint density at radius 1 is 0.968 bits per heavy atom. The molecule has 0 unspecified atom stereocenters. The van der Waals surface area contributed by atoms with Crippen LogP contribution >= 0.6 is 0 Å². The van der Waals surface area contributed by atoms with Crippen molar-refractivity contribution < 1.29 is 22.6 Å². The molecule has 2 heterocycles. The van der Waals surface area contributed by atoms with Crippen molar-refractivity contribution in [3.8, 4) is 11.5 Å². The van der Waals surface area contributed by atoms with Gasteiger partial charge >= 0.3 is 6.18 Å². The molecular formula is C23H24F3N3O2. The molecule has 0 aliphatic carbocycles. The van der Waals surface area contributed by atoms with Crippen LogP contribution in [0.2, 0.25) is 0 Å². The third-order valence-electron chi connectivity index (χ3n) is 5.76. The molecule has 3 aromatic rings. The zero-order valence-electron chi connectivity index (χ0n) is 17.3. The number of aromatic amines is 1. The van der Waals surface area contributed by atoms with Crippen molar-refractivity contribution in [3.05, 3.63) is 77.1 Å². The molecule has 0 saturated carbocycles.